The van der Waals surface area contributed by atoms with Gasteiger partial charge in [0.15, 0.2) is 5.00 Å². The zero-order valence-corrected chi connectivity index (χ0v) is 30.3. The molecule has 0 amide bonds. The Kier molecular flexibility index (Phi) is 30.9. The van der Waals surface area contributed by atoms with Gasteiger partial charge in [-0.3, -0.25) is 0 Å². The van der Waals surface area contributed by atoms with Crippen molar-refractivity contribution in [2.24, 2.45) is 0 Å². The third-order valence-electron chi connectivity index (χ3n) is 9.69. The van der Waals surface area contributed by atoms with Crippen molar-refractivity contribution in [1.29, 1.82) is 0 Å². The van der Waals surface area contributed by atoms with Crippen LogP contribution in [0.4, 0.5) is 4.39 Å². The fourth-order valence-corrected chi connectivity index (χ4v) is 6.79. The Bertz CT molecular complexity index is 637. The van der Waals surface area contributed by atoms with Gasteiger partial charge in [-0.2, -0.15) is 0 Å². The van der Waals surface area contributed by atoms with Crippen LogP contribution < -0.4 is 0 Å². The topological polar surface area (TPSA) is 57.2 Å². The molecule has 42 heavy (non-hydrogen) atoms. The van der Waals surface area contributed by atoms with Crippen LogP contribution in [0.3, 0.4) is 0 Å². The second-order valence-corrected chi connectivity index (χ2v) is 14.5. The quantitative estimate of drug-likeness (QED) is 0.0455. The van der Waals surface area contributed by atoms with E-state index in [1.54, 1.807) is 0 Å². The highest BCUT2D eigenvalue weighted by Gasteiger charge is 2.36. The summed E-state index contributed by atoms with van der Waals surface area (Å²) in [5.74, 6) is 0. The van der Waals surface area contributed by atoms with Crippen molar-refractivity contribution in [3.05, 3.63) is 0 Å². The highest BCUT2D eigenvalue weighted by molar-refractivity contribution is 7.87. The first-order chi connectivity index (χ1) is 20.1. The minimum absolute atomic E-state index is 0.131. The van der Waals surface area contributed by atoms with E-state index in [0.29, 0.717) is 12.8 Å². The number of halogens is 1. The first kappa shape index (κ1) is 43.9. The standard InChI is InChI=1S/C28H57FO3S.C8H20N/c1-3-5-7-9-11-13-14-15-16-17-19-21-23-25-27-28(29,33(30,31)32)26-24-22-20-18-12-10-8-6-4-2;1-5-9(6-2,7-3)8-4/h3-27H2,1-2H3,(H,30,31,32);5-8H2,1-4H3/q;+1/p-1. The molecule has 1 atom stereocenters. The van der Waals surface area contributed by atoms with Crippen molar-refractivity contribution >= 4 is 10.1 Å². The van der Waals surface area contributed by atoms with Gasteiger partial charge >= 0.3 is 0 Å². The van der Waals surface area contributed by atoms with Gasteiger partial charge in [0, 0.05) is 0 Å². The number of hydrogen-bond acceptors (Lipinski definition) is 3. The van der Waals surface area contributed by atoms with Gasteiger partial charge in [0.2, 0.25) is 0 Å². The molecule has 0 saturated carbocycles. The average Bonchev–Trinajstić information content (AvgIpc) is 2.98. The largest absolute Gasteiger partial charge is 0.745 e. The summed E-state index contributed by atoms with van der Waals surface area (Å²) in [4.78, 5) is 0. The zero-order valence-electron chi connectivity index (χ0n) is 29.5. The van der Waals surface area contributed by atoms with Gasteiger partial charge in [0.05, 0.1) is 26.2 Å². The molecule has 0 rings (SSSR count). The van der Waals surface area contributed by atoms with Crippen LogP contribution in [0.1, 0.15) is 202 Å². The molecule has 6 heteroatoms. The van der Waals surface area contributed by atoms with Gasteiger partial charge < -0.3 is 9.04 Å². The van der Waals surface area contributed by atoms with Crippen LogP contribution in [-0.4, -0.2) is 48.6 Å². The molecule has 4 nitrogen and oxygen atoms in total. The molecule has 0 heterocycles. The Hall–Kier alpha value is -0.200. The Morgan fingerprint density at radius 1 is 0.452 bits per heavy atom. The van der Waals surface area contributed by atoms with Crippen LogP contribution in [-0.2, 0) is 10.1 Å². The van der Waals surface area contributed by atoms with Crippen LogP contribution in [0, 0.1) is 0 Å². The third-order valence-corrected chi connectivity index (χ3v) is 11.0. The first-order valence-corrected chi connectivity index (χ1v) is 20.0. The maximum Gasteiger partial charge on any atom is 0.199 e. The van der Waals surface area contributed by atoms with E-state index in [1.807, 2.05) is 0 Å². The van der Waals surface area contributed by atoms with Crippen LogP contribution in [0.15, 0.2) is 0 Å². The van der Waals surface area contributed by atoms with E-state index >= 15 is 0 Å². The summed E-state index contributed by atoms with van der Waals surface area (Å²) in [7, 11) is -4.91. The SMILES string of the molecule is CCCCCCCCCCCCCCCCC(F)(CCCCCCCCCCC)S(=O)(=O)[O-].CC[N+](CC)(CC)CC. The van der Waals surface area contributed by atoms with E-state index < -0.39 is 15.1 Å². The molecule has 1 unspecified atom stereocenters. The van der Waals surface area contributed by atoms with Crippen LogP contribution in [0.25, 0.3) is 0 Å². The van der Waals surface area contributed by atoms with Crippen LogP contribution in [0.2, 0.25) is 0 Å². The highest BCUT2D eigenvalue weighted by Crippen LogP contribution is 2.32. The van der Waals surface area contributed by atoms with E-state index in [9.17, 15) is 17.4 Å². The normalized spacial score (nSPS) is 13.5. The molecule has 0 aliphatic rings. The molecule has 256 valence electrons. The lowest BCUT2D eigenvalue weighted by Crippen LogP contribution is -2.47. The monoisotopic (exact) mass is 622 g/mol. The number of nitrogens with zero attached hydrogens (tertiary/aromatic N) is 1. The van der Waals surface area contributed by atoms with Gasteiger partial charge in [-0.15, -0.1) is 0 Å². The van der Waals surface area contributed by atoms with Gasteiger partial charge in [0.1, 0.15) is 10.1 Å². The summed E-state index contributed by atoms with van der Waals surface area (Å²) in [5, 5.41) is -2.56. The Morgan fingerprint density at radius 3 is 0.833 bits per heavy atom. The fraction of sp³-hybridized carbons (Fsp3) is 1.00. The van der Waals surface area contributed by atoms with Gasteiger partial charge in [-0.25, -0.2) is 12.8 Å². The molecule has 0 aliphatic carbocycles. The summed E-state index contributed by atoms with van der Waals surface area (Å²) in [6.45, 7) is 18.7. The Morgan fingerprint density at radius 2 is 0.667 bits per heavy atom. The number of rotatable bonds is 30. The number of hydrogen-bond donors (Lipinski definition) is 0. The summed E-state index contributed by atoms with van der Waals surface area (Å²) in [6, 6.07) is 0. The lowest BCUT2D eigenvalue weighted by Gasteiger charge is -2.34. The molecule has 0 aromatic heterocycles. The van der Waals surface area contributed by atoms with E-state index in [2.05, 4.69) is 41.5 Å². The molecule has 0 aromatic rings. The van der Waals surface area contributed by atoms with Crippen molar-refractivity contribution in [2.75, 3.05) is 26.2 Å². The number of quaternary nitrogens is 1. The molecular formula is C36H76FNO3S. The minimum Gasteiger partial charge on any atom is -0.745 e. The van der Waals surface area contributed by atoms with Crippen molar-refractivity contribution in [1.82, 2.24) is 0 Å². The van der Waals surface area contributed by atoms with Crippen LogP contribution in [0.5, 0.6) is 0 Å². The predicted molar refractivity (Wildman–Crippen MR) is 183 cm³/mol. The van der Waals surface area contributed by atoms with E-state index in [0.717, 1.165) is 38.5 Å². The van der Waals surface area contributed by atoms with E-state index in [4.69, 9.17) is 0 Å². The minimum atomic E-state index is -4.91. The second-order valence-electron chi connectivity index (χ2n) is 12.9. The highest BCUT2D eigenvalue weighted by atomic mass is 32.2. The van der Waals surface area contributed by atoms with Crippen molar-refractivity contribution in [3.63, 3.8) is 0 Å². The van der Waals surface area contributed by atoms with Gasteiger partial charge in [-0.05, 0) is 53.4 Å². The molecule has 0 spiro atoms. The van der Waals surface area contributed by atoms with Crippen molar-refractivity contribution < 1.29 is 21.8 Å². The second kappa shape index (κ2) is 29.5. The van der Waals surface area contributed by atoms with E-state index in [-0.39, 0.29) is 12.8 Å². The third kappa shape index (κ3) is 24.2. The zero-order chi connectivity index (χ0) is 32.0. The van der Waals surface area contributed by atoms with E-state index in [1.165, 1.54) is 127 Å². The fourth-order valence-electron chi connectivity index (χ4n) is 6.00. The molecule has 0 fully saturated rings. The molecular weight excluding hydrogens is 545 g/mol. The number of alkyl halides is 1. The molecule has 0 aromatic carbocycles. The van der Waals surface area contributed by atoms with Crippen LogP contribution >= 0.6 is 0 Å². The Balaban J connectivity index is 0. The predicted octanol–water partition coefficient (Wildman–Crippen LogP) is 11.9. The summed E-state index contributed by atoms with van der Waals surface area (Å²) in [5.41, 5.74) is 0. The summed E-state index contributed by atoms with van der Waals surface area (Å²) >= 11 is 0. The molecule has 0 aliphatic heterocycles. The molecule has 0 radical (unpaired) electrons. The summed E-state index contributed by atoms with van der Waals surface area (Å²) < 4.78 is 50.9. The smallest absolute Gasteiger partial charge is 0.199 e. The lowest BCUT2D eigenvalue weighted by atomic mass is 10.0. The lowest BCUT2D eigenvalue weighted by molar-refractivity contribution is -0.921. The molecule has 0 N–H and O–H groups in total. The molecule has 0 bridgehead atoms. The first-order valence-electron chi connectivity index (χ1n) is 18.6. The molecule has 0 saturated heterocycles. The number of unbranched alkanes of at least 4 members (excludes halogenated alkanes) is 21. The maximum absolute atomic E-state index is 15.0. The van der Waals surface area contributed by atoms with Crippen molar-refractivity contribution in [3.8, 4) is 0 Å². The van der Waals surface area contributed by atoms with Gasteiger partial charge in [0.25, 0.3) is 0 Å². The average molecular weight is 622 g/mol. The van der Waals surface area contributed by atoms with Crippen molar-refractivity contribution in [2.45, 2.75) is 207 Å². The maximum atomic E-state index is 15.0. The Labute approximate surface area is 264 Å². The van der Waals surface area contributed by atoms with Gasteiger partial charge in [-0.1, -0.05) is 149 Å². The summed E-state index contributed by atoms with van der Waals surface area (Å²) in [6.07, 6.45) is 26.1.